The Kier molecular flexibility index (Phi) is 6.31. The van der Waals surface area contributed by atoms with Crippen LogP contribution in [0.5, 0.6) is 0 Å². The number of nitrogens with one attached hydrogen (secondary N) is 1. The topological polar surface area (TPSA) is 95.4 Å². The molecule has 0 atom stereocenters. The van der Waals surface area contributed by atoms with Crippen molar-refractivity contribution in [1.82, 2.24) is 15.4 Å². The lowest BCUT2D eigenvalue weighted by molar-refractivity contribution is -0.129. The summed E-state index contributed by atoms with van der Waals surface area (Å²) >= 11 is 6.38. The Morgan fingerprint density at radius 1 is 0.964 bits per heavy atom. The van der Waals surface area contributed by atoms with E-state index in [1.165, 1.54) is 17.9 Å². The Labute approximate surface area is 166 Å². The number of Topliss-reactive ketones (excluding diaryl/α,β-unsaturated/α-hetero) is 1. The molecular formula is C20H17ClN4O3. The molecule has 1 amide bonds. The third-order valence-electron chi connectivity index (χ3n) is 3.97. The highest BCUT2D eigenvalue weighted by atomic mass is 35.5. The van der Waals surface area contributed by atoms with Gasteiger partial charge in [-0.25, -0.2) is 15.4 Å². The van der Waals surface area contributed by atoms with Crippen molar-refractivity contribution in [3.05, 3.63) is 77.6 Å². The SMILES string of the molecule is O=C(CCC(=O)c1cnc(N(c2ccccc2)c2ccccc2Cl)nc1)NO. The molecular weight excluding hydrogens is 380 g/mol. The lowest BCUT2D eigenvalue weighted by Crippen LogP contribution is -2.19. The zero-order valence-corrected chi connectivity index (χ0v) is 15.5. The summed E-state index contributed by atoms with van der Waals surface area (Å²) in [5, 5.41) is 9.04. The minimum Gasteiger partial charge on any atom is -0.294 e. The van der Waals surface area contributed by atoms with Gasteiger partial charge in [-0.2, -0.15) is 0 Å². The number of benzene rings is 2. The molecule has 28 heavy (non-hydrogen) atoms. The number of carbonyl (C=O) groups excluding carboxylic acids is 2. The predicted molar refractivity (Wildman–Crippen MR) is 105 cm³/mol. The van der Waals surface area contributed by atoms with Gasteiger partial charge in [0, 0.05) is 30.9 Å². The Bertz CT molecular complexity index is 965. The zero-order chi connectivity index (χ0) is 19.9. The molecule has 0 bridgehead atoms. The smallest absolute Gasteiger partial charge is 0.243 e. The normalized spacial score (nSPS) is 10.4. The van der Waals surface area contributed by atoms with Crippen LogP contribution in [-0.2, 0) is 4.79 Å². The first-order valence-electron chi connectivity index (χ1n) is 8.48. The maximum absolute atomic E-state index is 12.2. The molecule has 0 aliphatic heterocycles. The average molecular weight is 397 g/mol. The van der Waals surface area contributed by atoms with Gasteiger partial charge >= 0.3 is 0 Å². The molecule has 2 N–H and O–H groups in total. The lowest BCUT2D eigenvalue weighted by Gasteiger charge is -2.23. The van der Waals surface area contributed by atoms with Crippen LogP contribution in [0.2, 0.25) is 5.02 Å². The first-order valence-corrected chi connectivity index (χ1v) is 8.86. The van der Waals surface area contributed by atoms with Crippen LogP contribution in [-0.4, -0.2) is 26.9 Å². The quantitative estimate of drug-likeness (QED) is 0.355. The van der Waals surface area contributed by atoms with Crippen molar-refractivity contribution >= 4 is 40.6 Å². The van der Waals surface area contributed by atoms with E-state index < -0.39 is 5.91 Å². The lowest BCUT2D eigenvalue weighted by atomic mass is 10.1. The zero-order valence-electron chi connectivity index (χ0n) is 14.7. The monoisotopic (exact) mass is 396 g/mol. The summed E-state index contributed by atoms with van der Waals surface area (Å²) in [7, 11) is 0. The van der Waals surface area contributed by atoms with Crippen molar-refractivity contribution in [2.75, 3.05) is 4.90 Å². The molecule has 0 spiro atoms. The van der Waals surface area contributed by atoms with Gasteiger partial charge in [-0.1, -0.05) is 41.9 Å². The number of hydroxylamine groups is 1. The predicted octanol–water partition coefficient (Wildman–Crippen LogP) is 4.07. The number of hydrogen-bond donors (Lipinski definition) is 2. The van der Waals surface area contributed by atoms with Gasteiger partial charge in [0.05, 0.1) is 16.3 Å². The summed E-state index contributed by atoms with van der Waals surface area (Å²) in [6.07, 6.45) is 2.65. The molecule has 1 aromatic heterocycles. The highest BCUT2D eigenvalue weighted by molar-refractivity contribution is 6.33. The number of aromatic nitrogens is 2. The molecule has 7 nitrogen and oxygen atoms in total. The molecule has 3 rings (SSSR count). The van der Waals surface area contributed by atoms with Crippen molar-refractivity contribution < 1.29 is 14.8 Å². The van der Waals surface area contributed by atoms with Crippen LogP contribution in [0, 0.1) is 0 Å². The summed E-state index contributed by atoms with van der Waals surface area (Å²) < 4.78 is 0. The standard InChI is InChI=1S/C20H17ClN4O3/c21-16-8-4-5-9-17(16)25(15-6-2-1-3-7-15)20-22-12-14(13-23-20)18(26)10-11-19(27)24-28/h1-9,12-13,28H,10-11H2,(H,24,27). The van der Waals surface area contributed by atoms with Crippen LogP contribution in [0.3, 0.4) is 0 Å². The van der Waals surface area contributed by atoms with Crippen LogP contribution < -0.4 is 10.4 Å². The second-order valence-corrected chi connectivity index (χ2v) is 6.26. The Morgan fingerprint density at radius 2 is 1.61 bits per heavy atom. The van der Waals surface area contributed by atoms with E-state index in [0.29, 0.717) is 16.7 Å². The molecule has 0 fully saturated rings. The van der Waals surface area contributed by atoms with Gasteiger partial charge in [0.15, 0.2) is 5.78 Å². The molecule has 1 heterocycles. The van der Waals surface area contributed by atoms with Gasteiger partial charge in [0.1, 0.15) is 0 Å². The van der Waals surface area contributed by atoms with Crippen molar-refractivity contribution in [3.8, 4) is 0 Å². The van der Waals surface area contributed by atoms with Crippen molar-refractivity contribution in [2.45, 2.75) is 12.8 Å². The third-order valence-corrected chi connectivity index (χ3v) is 4.29. The van der Waals surface area contributed by atoms with Gasteiger partial charge in [-0.3, -0.25) is 19.7 Å². The Hall–Kier alpha value is -3.29. The minimum absolute atomic E-state index is 0.0536. The van der Waals surface area contributed by atoms with Gasteiger partial charge < -0.3 is 0 Å². The van der Waals surface area contributed by atoms with E-state index in [-0.39, 0.29) is 24.2 Å². The first-order chi connectivity index (χ1) is 13.6. The molecule has 0 saturated carbocycles. The molecule has 0 saturated heterocycles. The highest BCUT2D eigenvalue weighted by Gasteiger charge is 2.18. The molecule has 0 radical (unpaired) electrons. The van der Waals surface area contributed by atoms with Crippen LogP contribution >= 0.6 is 11.6 Å². The largest absolute Gasteiger partial charge is 0.294 e. The van der Waals surface area contributed by atoms with E-state index in [9.17, 15) is 9.59 Å². The number of hydrogen-bond acceptors (Lipinski definition) is 6. The maximum atomic E-state index is 12.2. The van der Waals surface area contributed by atoms with Gasteiger partial charge in [0.2, 0.25) is 11.9 Å². The highest BCUT2D eigenvalue weighted by Crippen LogP contribution is 2.36. The fraction of sp³-hybridized carbons (Fsp3) is 0.100. The molecule has 3 aromatic rings. The van der Waals surface area contributed by atoms with Crippen LogP contribution in [0.25, 0.3) is 0 Å². The van der Waals surface area contributed by atoms with E-state index in [1.54, 1.807) is 11.0 Å². The van der Waals surface area contributed by atoms with Crippen LogP contribution in [0.1, 0.15) is 23.2 Å². The summed E-state index contributed by atoms with van der Waals surface area (Å²) in [5.74, 6) is -0.567. The van der Waals surface area contributed by atoms with E-state index in [2.05, 4.69) is 9.97 Å². The van der Waals surface area contributed by atoms with Crippen molar-refractivity contribution in [1.29, 1.82) is 0 Å². The summed E-state index contributed by atoms with van der Waals surface area (Å²) in [6.45, 7) is 0. The minimum atomic E-state index is -0.625. The second kappa shape index (κ2) is 9.07. The van der Waals surface area contributed by atoms with E-state index in [4.69, 9.17) is 16.8 Å². The van der Waals surface area contributed by atoms with E-state index in [0.717, 1.165) is 5.69 Å². The third kappa shape index (κ3) is 4.51. The molecule has 0 aliphatic rings. The maximum Gasteiger partial charge on any atom is 0.243 e. The van der Waals surface area contributed by atoms with E-state index >= 15 is 0 Å². The molecule has 0 unspecified atom stereocenters. The van der Waals surface area contributed by atoms with Crippen LogP contribution in [0.15, 0.2) is 67.0 Å². The number of anilines is 3. The molecule has 2 aromatic carbocycles. The van der Waals surface area contributed by atoms with Crippen molar-refractivity contribution in [2.24, 2.45) is 0 Å². The summed E-state index contributed by atoms with van der Waals surface area (Å²) in [5.41, 5.74) is 3.29. The number of para-hydroxylation sites is 2. The Morgan fingerprint density at radius 3 is 2.25 bits per heavy atom. The number of halogens is 1. The number of carbonyl (C=O) groups is 2. The van der Waals surface area contributed by atoms with Gasteiger partial charge in [0.25, 0.3) is 0 Å². The van der Waals surface area contributed by atoms with Gasteiger partial charge in [-0.15, -0.1) is 0 Å². The second-order valence-electron chi connectivity index (χ2n) is 5.85. The number of rotatable bonds is 7. The summed E-state index contributed by atoms with van der Waals surface area (Å²) in [4.78, 5) is 33.7. The first kappa shape index (κ1) is 19.5. The number of amides is 1. The van der Waals surface area contributed by atoms with Crippen molar-refractivity contribution in [3.63, 3.8) is 0 Å². The van der Waals surface area contributed by atoms with Gasteiger partial charge in [-0.05, 0) is 24.3 Å². The van der Waals surface area contributed by atoms with Crippen LogP contribution in [0.4, 0.5) is 17.3 Å². The fourth-order valence-electron chi connectivity index (χ4n) is 2.58. The molecule has 0 aliphatic carbocycles. The number of nitrogens with zero attached hydrogens (tertiary/aromatic N) is 3. The Balaban J connectivity index is 1.91. The summed E-state index contributed by atoms with van der Waals surface area (Å²) in [6, 6.07) is 16.8. The molecule has 8 heteroatoms. The molecule has 142 valence electrons. The van der Waals surface area contributed by atoms with E-state index in [1.807, 2.05) is 48.5 Å². The fourth-order valence-corrected chi connectivity index (χ4v) is 2.80. The average Bonchev–Trinajstić information content (AvgIpc) is 2.74. The number of ketones is 1.